The predicted octanol–water partition coefficient (Wildman–Crippen LogP) is 2.71. The van der Waals surface area contributed by atoms with Crippen LogP contribution in [0.5, 0.6) is 5.75 Å². The molecule has 0 N–H and O–H groups in total. The van der Waals surface area contributed by atoms with Crippen molar-refractivity contribution >= 4 is 0 Å². The van der Waals surface area contributed by atoms with E-state index in [1.54, 1.807) is 11.8 Å². The van der Waals surface area contributed by atoms with Gasteiger partial charge in [-0.05, 0) is 35.0 Å². The molecule has 0 saturated carbocycles. The number of benzene rings is 2. The summed E-state index contributed by atoms with van der Waals surface area (Å²) in [4.78, 5) is 0. The van der Waals surface area contributed by atoms with Crippen LogP contribution in [0.4, 0.5) is 0 Å². The molecule has 1 heterocycles. The third-order valence-corrected chi connectivity index (χ3v) is 3.33. The van der Waals surface area contributed by atoms with Gasteiger partial charge in [0.25, 0.3) is 0 Å². The molecule has 3 rings (SSSR count). The molecular formula is C16H16N4O. The summed E-state index contributed by atoms with van der Waals surface area (Å²) in [5.74, 6) is 1.61. The normalized spacial score (nSPS) is 10.6. The maximum absolute atomic E-state index is 5.16. The van der Waals surface area contributed by atoms with Gasteiger partial charge in [-0.15, -0.1) is 5.10 Å². The molecule has 0 saturated heterocycles. The third-order valence-electron chi connectivity index (χ3n) is 3.33. The molecule has 0 fully saturated rings. The van der Waals surface area contributed by atoms with E-state index in [1.807, 2.05) is 36.4 Å². The lowest BCUT2D eigenvalue weighted by molar-refractivity contribution is 0.414. The van der Waals surface area contributed by atoms with Gasteiger partial charge in [0.05, 0.1) is 13.7 Å². The van der Waals surface area contributed by atoms with Crippen LogP contribution >= 0.6 is 0 Å². The molecule has 106 valence electrons. The van der Waals surface area contributed by atoms with Crippen molar-refractivity contribution in [3.63, 3.8) is 0 Å². The topological polar surface area (TPSA) is 52.8 Å². The fourth-order valence-corrected chi connectivity index (χ4v) is 2.12. The first-order valence-electron chi connectivity index (χ1n) is 6.72. The Morgan fingerprint density at radius 1 is 1.00 bits per heavy atom. The van der Waals surface area contributed by atoms with E-state index in [4.69, 9.17) is 4.74 Å². The van der Waals surface area contributed by atoms with Gasteiger partial charge in [0.15, 0.2) is 5.82 Å². The van der Waals surface area contributed by atoms with E-state index >= 15 is 0 Å². The SMILES string of the molecule is COc1ccc(Cn2nnnc2-c2ccc(C)cc2)cc1. The standard InChI is InChI=1S/C16H16N4O/c1-12-3-7-14(8-4-12)16-17-18-19-20(16)11-13-5-9-15(21-2)10-6-13/h3-10H,11H2,1-2H3. The summed E-state index contributed by atoms with van der Waals surface area (Å²) in [7, 11) is 1.66. The molecule has 0 aliphatic rings. The summed E-state index contributed by atoms with van der Waals surface area (Å²) < 4.78 is 6.96. The van der Waals surface area contributed by atoms with Crippen LogP contribution in [0.2, 0.25) is 0 Å². The number of ether oxygens (including phenoxy) is 1. The quantitative estimate of drug-likeness (QED) is 0.737. The fraction of sp³-hybridized carbons (Fsp3) is 0.188. The second-order valence-corrected chi connectivity index (χ2v) is 4.87. The molecule has 0 bridgehead atoms. The minimum absolute atomic E-state index is 0.625. The van der Waals surface area contributed by atoms with Crippen LogP contribution in [-0.2, 0) is 6.54 Å². The van der Waals surface area contributed by atoms with Crippen molar-refractivity contribution in [2.45, 2.75) is 13.5 Å². The Bertz CT molecular complexity index is 717. The number of hydrogen-bond acceptors (Lipinski definition) is 4. The first-order chi connectivity index (χ1) is 10.3. The van der Waals surface area contributed by atoms with Crippen LogP contribution in [-0.4, -0.2) is 27.3 Å². The highest BCUT2D eigenvalue weighted by Crippen LogP contribution is 2.18. The van der Waals surface area contributed by atoms with Crippen molar-refractivity contribution in [1.82, 2.24) is 20.2 Å². The molecule has 0 spiro atoms. The molecular weight excluding hydrogens is 264 g/mol. The number of aryl methyl sites for hydroxylation is 1. The zero-order valence-electron chi connectivity index (χ0n) is 12.0. The Morgan fingerprint density at radius 2 is 1.71 bits per heavy atom. The summed E-state index contributed by atoms with van der Waals surface area (Å²) in [5.41, 5.74) is 3.35. The van der Waals surface area contributed by atoms with Gasteiger partial charge in [-0.1, -0.05) is 42.0 Å². The van der Waals surface area contributed by atoms with E-state index < -0.39 is 0 Å². The monoisotopic (exact) mass is 280 g/mol. The fourth-order valence-electron chi connectivity index (χ4n) is 2.12. The van der Waals surface area contributed by atoms with Gasteiger partial charge in [0, 0.05) is 5.56 Å². The van der Waals surface area contributed by atoms with Crippen molar-refractivity contribution < 1.29 is 4.74 Å². The first-order valence-corrected chi connectivity index (χ1v) is 6.72. The molecule has 0 unspecified atom stereocenters. The molecule has 5 nitrogen and oxygen atoms in total. The van der Waals surface area contributed by atoms with Crippen LogP contribution in [0.1, 0.15) is 11.1 Å². The average Bonchev–Trinajstić information content (AvgIpc) is 2.97. The highest BCUT2D eigenvalue weighted by molar-refractivity contribution is 5.55. The second-order valence-electron chi connectivity index (χ2n) is 4.87. The second kappa shape index (κ2) is 5.75. The van der Waals surface area contributed by atoms with Crippen molar-refractivity contribution in [3.05, 3.63) is 59.7 Å². The highest BCUT2D eigenvalue weighted by atomic mass is 16.5. The molecule has 1 aromatic heterocycles. The van der Waals surface area contributed by atoms with Crippen LogP contribution in [0, 0.1) is 6.92 Å². The largest absolute Gasteiger partial charge is 0.497 e. The Labute approximate surface area is 123 Å². The summed E-state index contributed by atoms with van der Waals surface area (Å²) >= 11 is 0. The average molecular weight is 280 g/mol. The van der Waals surface area contributed by atoms with Crippen molar-refractivity contribution in [2.24, 2.45) is 0 Å². The number of rotatable bonds is 4. The van der Waals surface area contributed by atoms with E-state index in [1.165, 1.54) is 5.56 Å². The Kier molecular flexibility index (Phi) is 3.64. The Morgan fingerprint density at radius 3 is 2.38 bits per heavy atom. The van der Waals surface area contributed by atoms with Gasteiger partial charge in [-0.2, -0.15) is 0 Å². The minimum Gasteiger partial charge on any atom is -0.497 e. The Hall–Kier alpha value is -2.69. The van der Waals surface area contributed by atoms with Gasteiger partial charge < -0.3 is 4.74 Å². The third kappa shape index (κ3) is 2.91. The molecule has 5 heteroatoms. The summed E-state index contributed by atoms with van der Waals surface area (Å²) in [5, 5.41) is 12.0. The zero-order valence-corrected chi connectivity index (χ0v) is 12.0. The van der Waals surface area contributed by atoms with E-state index in [9.17, 15) is 0 Å². The maximum Gasteiger partial charge on any atom is 0.182 e. The lowest BCUT2D eigenvalue weighted by Gasteiger charge is -2.06. The van der Waals surface area contributed by atoms with Crippen molar-refractivity contribution in [1.29, 1.82) is 0 Å². The molecule has 2 aromatic carbocycles. The van der Waals surface area contributed by atoms with E-state index in [0.29, 0.717) is 6.54 Å². The molecule has 0 radical (unpaired) electrons. The smallest absolute Gasteiger partial charge is 0.182 e. The van der Waals surface area contributed by atoms with Crippen LogP contribution in [0.3, 0.4) is 0 Å². The molecule has 0 amide bonds. The van der Waals surface area contributed by atoms with Crippen molar-refractivity contribution in [3.8, 4) is 17.1 Å². The van der Waals surface area contributed by atoms with Gasteiger partial charge in [-0.3, -0.25) is 0 Å². The lowest BCUT2D eigenvalue weighted by atomic mass is 10.1. The van der Waals surface area contributed by atoms with E-state index in [-0.39, 0.29) is 0 Å². The Balaban J connectivity index is 1.86. The van der Waals surface area contributed by atoms with Crippen LogP contribution in [0.25, 0.3) is 11.4 Å². The zero-order chi connectivity index (χ0) is 14.7. The van der Waals surface area contributed by atoms with Gasteiger partial charge in [-0.25, -0.2) is 4.68 Å². The predicted molar refractivity (Wildman–Crippen MR) is 80.1 cm³/mol. The van der Waals surface area contributed by atoms with E-state index in [2.05, 4.69) is 34.6 Å². The molecule has 0 atom stereocenters. The number of tetrazole rings is 1. The molecule has 0 aliphatic carbocycles. The van der Waals surface area contributed by atoms with Gasteiger partial charge in [0.2, 0.25) is 0 Å². The molecule has 3 aromatic rings. The number of hydrogen-bond donors (Lipinski definition) is 0. The summed E-state index contributed by atoms with van der Waals surface area (Å²) in [6.45, 7) is 2.68. The summed E-state index contributed by atoms with van der Waals surface area (Å²) in [6.07, 6.45) is 0. The lowest BCUT2D eigenvalue weighted by Crippen LogP contribution is -2.04. The number of aromatic nitrogens is 4. The van der Waals surface area contributed by atoms with Crippen molar-refractivity contribution in [2.75, 3.05) is 7.11 Å². The maximum atomic E-state index is 5.16. The van der Waals surface area contributed by atoms with Crippen LogP contribution in [0.15, 0.2) is 48.5 Å². The van der Waals surface area contributed by atoms with Gasteiger partial charge >= 0.3 is 0 Å². The van der Waals surface area contributed by atoms with E-state index in [0.717, 1.165) is 22.7 Å². The van der Waals surface area contributed by atoms with Crippen LogP contribution < -0.4 is 4.74 Å². The highest BCUT2D eigenvalue weighted by Gasteiger charge is 2.09. The molecule has 0 aliphatic heterocycles. The molecule has 21 heavy (non-hydrogen) atoms. The minimum atomic E-state index is 0.625. The van der Waals surface area contributed by atoms with Gasteiger partial charge in [0.1, 0.15) is 5.75 Å². The first kappa shape index (κ1) is 13.3. The number of methoxy groups -OCH3 is 1. The number of nitrogens with zero attached hydrogens (tertiary/aromatic N) is 4. The summed E-state index contributed by atoms with van der Waals surface area (Å²) in [6, 6.07) is 16.1.